The zero-order valence-corrected chi connectivity index (χ0v) is 20.8. The van der Waals surface area contributed by atoms with Crippen LogP contribution in [0.2, 0.25) is 0 Å². The first-order valence-corrected chi connectivity index (χ1v) is 11.8. The lowest BCUT2D eigenvalue weighted by molar-refractivity contribution is -0.137. The number of amides is 3. The van der Waals surface area contributed by atoms with E-state index in [0.29, 0.717) is 62.3 Å². The van der Waals surface area contributed by atoms with Gasteiger partial charge in [0.2, 0.25) is 5.91 Å². The van der Waals surface area contributed by atoms with Gasteiger partial charge in [-0.05, 0) is 43.5 Å². The minimum atomic E-state index is -1.01. The van der Waals surface area contributed by atoms with Crippen molar-refractivity contribution in [2.75, 3.05) is 33.2 Å². The molecule has 3 amide bonds. The molecule has 2 aliphatic heterocycles. The number of carbonyl (C=O) groups is 2. The first-order chi connectivity index (χ1) is 16.4. The summed E-state index contributed by atoms with van der Waals surface area (Å²) < 4.78 is 27.2. The molecule has 2 saturated heterocycles. The summed E-state index contributed by atoms with van der Waals surface area (Å²) in [6, 6.07) is 1.94. The highest BCUT2D eigenvalue weighted by Crippen LogP contribution is 2.25. The maximum atomic E-state index is 13.8. The molecule has 1 unspecified atom stereocenters. The quantitative estimate of drug-likeness (QED) is 0.602. The number of nitrogens with two attached hydrogens (primary N) is 1. The molecule has 1 aromatic rings. The summed E-state index contributed by atoms with van der Waals surface area (Å²) in [4.78, 5) is 34.1. The van der Waals surface area contributed by atoms with Gasteiger partial charge in [0.05, 0.1) is 11.8 Å². The van der Waals surface area contributed by atoms with Crippen molar-refractivity contribution in [2.24, 2.45) is 16.1 Å². The van der Waals surface area contributed by atoms with E-state index >= 15 is 0 Å². The van der Waals surface area contributed by atoms with Gasteiger partial charge < -0.3 is 26.0 Å². The Balaban J connectivity index is 1.86. The molecular weight excluding hydrogens is 456 g/mol. The Hall–Kier alpha value is -2.85. The molecule has 2 heterocycles. The number of hydrogen-bond donors (Lipinski definition) is 3. The summed E-state index contributed by atoms with van der Waals surface area (Å²) in [6.07, 6.45) is 1.03. The molecule has 35 heavy (non-hydrogen) atoms. The van der Waals surface area contributed by atoms with E-state index in [2.05, 4.69) is 10.3 Å². The summed E-state index contributed by atoms with van der Waals surface area (Å²) in [7, 11) is 1.89. The number of rotatable bonds is 3. The number of aliphatic imine (C=N–C) groups is 1. The van der Waals surface area contributed by atoms with Gasteiger partial charge in [-0.3, -0.25) is 4.79 Å². The average molecular weight is 492 g/mol. The lowest BCUT2D eigenvalue weighted by Gasteiger charge is -2.37. The van der Waals surface area contributed by atoms with E-state index < -0.39 is 35.2 Å². The van der Waals surface area contributed by atoms with Crippen molar-refractivity contribution < 1.29 is 23.5 Å². The summed E-state index contributed by atoms with van der Waals surface area (Å²) in [6.45, 7) is 7.48. The molecule has 3 rings (SSSR count). The zero-order chi connectivity index (χ0) is 25.9. The van der Waals surface area contributed by atoms with Crippen LogP contribution in [0.3, 0.4) is 0 Å². The van der Waals surface area contributed by atoms with Crippen LogP contribution in [0.25, 0.3) is 5.70 Å². The third-order valence-corrected chi connectivity index (χ3v) is 6.46. The van der Waals surface area contributed by atoms with Crippen LogP contribution in [0.1, 0.15) is 45.6 Å². The molecule has 0 aliphatic carbocycles. The molecule has 2 aliphatic rings. The number of carbonyl (C=O) groups excluding carboxylic acids is 2. The molecule has 1 atom stereocenters. The summed E-state index contributed by atoms with van der Waals surface area (Å²) in [5.41, 5.74) is 7.27. The third kappa shape index (κ3) is 6.64. The van der Waals surface area contributed by atoms with Crippen LogP contribution in [0.4, 0.5) is 13.6 Å². The van der Waals surface area contributed by atoms with Crippen LogP contribution in [0.5, 0.6) is 0 Å². The number of aliphatic hydroxyl groups excluding tert-OH is 1. The standard InChI is InChI=1S/C25H35F2N5O3/c1-25(2,3)22(23(34)32-11-7-16(33)8-12-32)30-24(35)29-20-9-10-31(4)14-17(20)21(28)15-5-6-18(26)19(27)13-15/h5-6,13,16,22,33H,7-12,14,28H2,1-4H3,(H,30,35). The van der Waals surface area contributed by atoms with Gasteiger partial charge in [0.15, 0.2) is 11.6 Å². The van der Waals surface area contributed by atoms with Crippen LogP contribution >= 0.6 is 0 Å². The Labute approximate surface area is 204 Å². The van der Waals surface area contributed by atoms with Crippen molar-refractivity contribution >= 4 is 23.3 Å². The van der Waals surface area contributed by atoms with Crippen LogP contribution in [0, 0.1) is 17.0 Å². The smallest absolute Gasteiger partial charge is 0.341 e. The van der Waals surface area contributed by atoms with Crippen LogP contribution in [-0.4, -0.2) is 77.9 Å². The minimum absolute atomic E-state index is 0.210. The van der Waals surface area contributed by atoms with Crippen molar-refractivity contribution in [3.05, 3.63) is 41.0 Å². The predicted octanol–water partition coefficient (Wildman–Crippen LogP) is 2.52. The number of nitrogens with one attached hydrogen (secondary N) is 1. The summed E-state index contributed by atoms with van der Waals surface area (Å²) >= 11 is 0. The normalized spacial score (nSPS) is 21.7. The average Bonchev–Trinajstić information content (AvgIpc) is 2.79. The number of likely N-dealkylation sites (tertiary alicyclic amines) is 2. The van der Waals surface area contributed by atoms with Crippen LogP contribution < -0.4 is 11.1 Å². The van der Waals surface area contributed by atoms with Crippen molar-refractivity contribution in [3.63, 3.8) is 0 Å². The van der Waals surface area contributed by atoms with E-state index in [0.717, 1.165) is 12.1 Å². The Morgan fingerprint density at radius 1 is 1.17 bits per heavy atom. The second-order valence-electron chi connectivity index (χ2n) is 10.4. The van der Waals surface area contributed by atoms with E-state index in [1.807, 2.05) is 32.7 Å². The Morgan fingerprint density at radius 2 is 1.83 bits per heavy atom. The Morgan fingerprint density at radius 3 is 2.43 bits per heavy atom. The second kappa shape index (κ2) is 10.8. The van der Waals surface area contributed by atoms with Crippen molar-refractivity contribution in [1.29, 1.82) is 0 Å². The number of aliphatic hydroxyl groups is 1. The third-order valence-electron chi connectivity index (χ3n) is 6.46. The van der Waals surface area contributed by atoms with Crippen LogP contribution in [0.15, 0.2) is 28.8 Å². The molecule has 10 heteroatoms. The second-order valence-corrected chi connectivity index (χ2v) is 10.4. The molecular formula is C25H35F2N5O3. The fourth-order valence-corrected chi connectivity index (χ4v) is 4.29. The monoisotopic (exact) mass is 491 g/mol. The predicted molar refractivity (Wildman–Crippen MR) is 131 cm³/mol. The topological polar surface area (TPSA) is 111 Å². The maximum absolute atomic E-state index is 13.8. The molecule has 0 saturated carbocycles. The fourth-order valence-electron chi connectivity index (χ4n) is 4.29. The van der Waals surface area contributed by atoms with Gasteiger partial charge in [-0.15, -0.1) is 0 Å². The van der Waals surface area contributed by atoms with Crippen molar-refractivity contribution in [1.82, 2.24) is 15.1 Å². The first kappa shape index (κ1) is 26.7. The van der Waals surface area contributed by atoms with E-state index in [-0.39, 0.29) is 11.6 Å². The molecule has 192 valence electrons. The highest BCUT2D eigenvalue weighted by molar-refractivity contribution is 6.11. The lowest BCUT2D eigenvalue weighted by atomic mass is 9.85. The number of hydrogen-bond acceptors (Lipinski definition) is 5. The van der Waals surface area contributed by atoms with Gasteiger partial charge in [-0.2, -0.15) is 4.99 Å². The number of halogens is 2. The molecule has 0 radical (unpaired) electrons. The van der Waals surface area contributed by atoms with Gasteiger partial charge in [0.1, 0.15) is 6.04 Å². The number of benzene rings is 1. The Bertz CT molecular complexity index is 1030. The van der Waals surface area contributed by atoms with Gasteiger partial charge in [-0.1, -0.05) is 20.8 Å². The van der Waals surface area contributed by atoms with E-state index in [1.165, 1.54) is 6.07 Å². The number of piperidine rings is 2. The van der Waals surface area contributed by atoms with E-state index in [9.17, 15) is 23.5 Å². The largest absolute Gasteiger partial charge is 0.398 e. The molecule has 8 nitrogen and oxygen atoms in total. The van der Waals surface area contributed by atoms with Crippen molar-refractivity contribution in [3.8, 4) is 0 Å². The molecule has 2 fully saturated rings. The number of nitrogens with zero attached hydrogens (tertiary/aromatic N) is 3. The molecule has 0 aromatic heterocycles. The van der Waals surface area contributed by atoms with Gasteiger partial charge >= 0.3 is 6.03 Å². The lowest BCUT2D eigenvalue weighted by Crippen LogP contribution is -2.56. The van der Waals surface area contributed by atoms with Crippen molar-refractivity contribution in [2.45, 2.75) is 52.2 Å². The minimum Gasteiger partial charge on any atom is -0.398 e. The fraction of sp³-hybridized carbons (Fsp3) is 0.560. The SMILES string of the molecule is CN1CCC(=NC(=O)NC(C(=O)N2CCC(O)CC2)C(C)(C)C)C(=C(N)c2ccc(F)c(F)c2)C1. The number of urea groups is 1. The molecule has 4 N–H and O–H groups in total. The van der Waals surface area contributed by atoms with Gasteiger partial charge in [0.25, 0.3) is 0 Å². The van der Waals surface area contributed by atoms with E-state index in [1.54, 1.807) is 4.90 Å². The number of likely N-dealkylation sites (N-methyl/N-ethyl adjacent to an activating group) is 1. The molecule has 0 spiro atoms. The highest BCUT2D eigenvalue weighted by atomic mass is 19.2. The Kier molecular flexibility index (Phi) is 8.27. The summed E-state index contributed by atoms with van der Waals surface area (Å²) in [5, 5.41) is 12.5. The van der Waals surface area contributed by atoms with Gasteiger partial charge in [0, 0.05) is 49.4 Å². The highest BCUT2D eigenvalue weighted by Gasteiger charge is 2.37. The van der Waals surface area contributed by atoms with Crippen LogP contribution in [-0.2, 0) is 4.79 Å². The first-order valence-electron chi connectivity index (χ1n) is 11.8. The molecule has 1 aromatic carbocycles. The molecule has 0 bridgehead atoms. The zero-order valence-electron chi connectivity index (χ0n) is 20.8. The maximum Gasteiger partial charge on any atom is 0.341 e. The van der Waals surface area contributed by atoms with Gasteiger partial charge in [-0.25, -0.2) is 13.6 Å². The van der Waals surface area contributed by atoms with E-state index in [4.69, 9.17) is 5.73 Å². The summed E-state index contributed by atoms with van der Waals surface area (Å²) in [5.74, 6) is -2.19.